The van der Waals surface area contributed by atoms with Crippen molar-refractivity contribution in [2.24, 2.45) is 0 Å². The van der Waals surface area contributed by atoms with Gasteiger partial charge in [0.1, 0.15) is 17.0 Å². The third kappa shape index (κ3) is 3.89. The van der Waals surface area contributed by atoms with Crippen LogP contribution in [0.15, 0.2) is 54.7 Å². The van der Waals surface area contributed by atoms with Crippen LogP contribution in [0.1, 0.15) is 13.8 Å². The molecule has 1 N–H and O–H groups in total. The van der Waals surface area contributed by atoms with Gasteiger partial charge in [-0.1, -0.05) is 23.7 Å². The Morgan fingerprint density at radius 2 is 1.96 bits per heavy atom. The van der Waals surface area contributed by atoms with Gasteiger partial charge in [-0.2, -0.15) is 0 Å². The van der Waals surface area contributed by atoms with Gasteiger partial charge in [0.05, 0.1) is 17.3 Å². The molecule has 0 saturated heterocycles. The Morgan fingerprint density at radius 3 is 2.73 bits per heavy atom. The molecule has 3 rings (SSSR count). The molecule has 0 fully saturated rings. The molecule has 1 atom stereocenters. The van der Waals surface area contributed by atoms with E-state index in [1.807, 2.05) is 19.1 Å². The molecule has 3 aromatic rings. The number of nitrogens with one attached hydrogen (secondary N) is 1. The highest BCUT2D eigenvalue weighted by Crippen LogP contribution is 2.30. The number of rotatable bonds is 6. The second kappa shape index (κ2) is 8.06. The van der Waals surface area contributed by atoms with E-state index in [9.17, 15) is 4.79 Å². The number of carbonyl (C=O) groups is 1. The first-order chi connectivity index (χ1) is 12.6. The largest absolute Gasteiger partial charge is 0.492 e. The van der Waals surface area contributed by atoms with Gasteiger partial charge < -0.3 is 14.8 Å². The molecular weight excluding hydrogens is 352 g/mol. The molecule has 1 amide bonds. The van der Waals surface area contributed by atoms with Crippen LogP contribution < -0.4 is 14.8 Å². The molecule has 1 unspecified atom stereocenters. The predicted molar refractivity (Wildman–Crippen MR) is 103 cm³/mol. The van der Waals surface area contributed by atoms with Gasteiger partial charge in [-0.3, -0.25) is 9.78 Å². The summed E-state index contributed by atoms with van der Waals surface area (Å²) < 4.78 is 11.3. The maximum absolute atomic E-state index is 12.6. The zero-order valence-electron chi connectivity index (χ0n) is 14.5. The normalized spacial score (nSPS) is 11.8. The lowest BCUT2D eigenvalue weighted by Gasteiger charge is -2.17. The van der Waals surface area contributed by atoms with Crippen LogP contribution >= 0.6 is 11.6 Å². The van der Waals surface area contributed by atoms with E-state index >= 15 is 0 Å². The Balaban J connectivity index is 1.81. The van der Waals surface area contributed by atoms with E-state index < -0.39 is 6.10 Å². The van der Waals surface area contributed by atoms with Gasteiger partial charge in [-0.05, 0) is 50.2 Å². The minimum atomic E-state index is -0.715. The van der Waals surface area contributed by atoms with Crippen molar-refractivity contribution >= 4 is 34.1 Å². The second-order valence-electron chi connectivity index (χ2n) is 5.62. The molecule has 6 heteroatoms. The van der Waals surface area contributed by atoms with E-state index in [0.29, 0.717) is 34.3 Å². The molecule has 26 heavy (non-hydrogen) atoms. The molecule has 0 radical (unpaired) electrons. The Labute approximate surface area is 156 Å². The van der Waals surface area contributed by atoms with Gasteiger partial charge >= 0.3 is 0 Å². The number of hydrogen-bond acceptors (Lipinski definition) is 4. The van der Waals surface area contributed by atoms with Crippen molar-refractivity contribution in [2.75, 3.05) is 11.9 Å². The van der Waals surface area contributed by atoms with Crippen LogP contribution in [0.4, 0.5) is 5.69 Å². The minimum Gasteiger partial charge on any atom is -0.492 e. The van der Waals surface area contributed by atoms with Gasteiger partial charge in [0.25, 0.3) is 5.91 Å². The van der Waals surface area contributed by atoms with Crippen molar-refractivity contribution in [1.82, 2.24) is 4.98 Å². The van der Waals surface area contributed by atoms with Gasteiger partial charge in [0.2, 0.25) is 0 Å². The summed E-state index contributed by atoms with van der Waals surface area (Å²) in [5.74, 6) is 0.871. The van der Waals surface area contributed by atoms with Crippen molar-refractivity contribution in [3.05, 3.63) is 59.8 Å². The highest BCUT2D eigenvalue weighted by molar-refractivity contribution is 6.32. The maximum Gasteiger partial charge on any atom is 0.265 e. The standard InChI is InChI=1S/C20H19ClN2O3/c1-3-25-18-11-10-16(14-7-6-12-22-19(14)18)23-20(24)13(2)26-17-9-5-4-8-15(17)21/h4-13H,3H2,1-2H3,(H,23,24). The zero-order chi connectivity index (χ0) is 18.5. The number of amides is 1. The Hall–Kier alpha value is -2.79. The first-order valence-corrected chi connectivity index (χ1v) is 8.70. The number of halogens is 1. The van der Waals surface area contributed by atoms with E-state index in [4.69, 9.17) is 21.1 Å². The second-order valence-corrected chi connectivity index (χ2v) is 6.03. The molecular formula is C20H19ClN2O3. The zero-order valence-corrected chi connectivity index (χ0v) is 15.3. The smallest absolute Gasteiger partial charge is 0.265 e. The molecule has 0 aliphatic heterocycles. The minimum absolute atomic E-state index is 0.278. The molecule has 0 saturated carbocycles. The lowest BCUT2D eigenvalue weighted by atomic mass is 10.1. The maximum atomic E-state index is 12.6. The third-order valence-electron chi connectivity index (χ3n) is 3.80. The summed E-state index contributed by atoms with van der Waals surface area (Å²) in [5, 5.41) is 4.15. The number of benzene rings is 2. The predicted octanol–water partition coefficient (Wildman–Crippen LogP) is 4.69. The lowest BCUT2D eigenvalue weighted by Crippen LogP contribution is -2.30. The molecule has 5 nitrogen and oxygen atoms in total. The third-order valence-corrected chi connectivity index (χ3v) is 4.11. The highest BCUT2D eigenvalue weighted by atomic mass is 35.5. The molecule has 0 spiro atoms. The van der Waals surface area contributed by atoms with E-state index in [0.717, 1.165) is 5.39 Å². The van der Waals surface area contributed by atoms with E-state index in [2.05, 4.69) is 10.3 Å². The quantitative estimate of drug-likeness (QED) is 0.683. The number of hydrogen-bond donors (Lipinski definition) is 1. The van der Waals surface area contributed by atoms with Crippen molar-refractivity contribution in [3.8, 4) is 11.5 Å². The molecule has 0 aliphatic rings. The fraction of sp³-hybridized carbons (Fsp3) is 0.200. The van der Waals surface area contributed by atoms with Crippen LogP contribution in [0, 0.1) is 0 Å². The van der Waals surface area contributed by atoms with Crippen LogP contribution in [0.2, 0.25) is 5.02 Å². The van der Waals surface area contributed by atoms with Crippen LogP contribution in [0.5, 0.6) is 11.5 Å². The average molecular weight is 371 g/mol. The Bertz CT molecular complexity index is 930. The molecule has 1 heterocycles. The van der Waals surface area contributed by atoms with Crippen LogP contribution in [0.3, 0.4) is 0 Å². The number of anilines is 1. The SMILES string of the molecule is CCOc1ccc(NC(=O)C(C)Oc2ccccc2Cl)c2cccnc12. The van der Waals surface area contributed by atoms with Gasteiger partial charge in [0, 0.05) is 11.6 Å². The van der Waals surface area contributed by atoms with E-state index in [1.165, 1.54) is 0 Å². The topological polar surface area (TPSA) is 60.5 Å². The molecule has 1 aromatic heterocycles. The summed E-state index contributed by atoms with van der Waals surface area (Å²) in [6.45, 7) is 4.13. The fourth-order valence-electron chi connectivity index (χ4n) is 2.55. The number of para-hydroxylation sites is 1. The molecule has 134 valence electrons. The molecule has 2 aromatic carbocycles. The molecule has 0 bridgehead atoms. The average Bonchev–Trinajstić information content (AvgIpc) is 2.65. The number of ether oxygens (including phenoxy) is 2. The monoisotopic (exact) mass is 370 g/mol. The van der Waals surface area contributed by atoms with Crippen LogP contribution in [-0.4, -0.2) is 23.6 Å². The van der Waals surface area contributed by atoms with Crippen molar-refractivity contribution in [3.63, 3.8) is 0 Å². The number of fused-ring (bicyclic) bond motifs is 1. The summed E-state index contributed by atoms with van der Waals surface area (Å²) in [5.41, 5.74) is 1.35. The fourth-order valence-corrected chi connectivity index (χ4v) is 2.73. The summed E-state index contributed by atoms with van der Waals surface area (Å²) >= 11 is 6.08. The first kappa shape index (κ1) is 18.0. The van der Waals surface area contributed by atoms with E-state index in [1.54, 1.807) is 49.5 Å². The summed E-state index contributed by atoms with van der Waals surface area (Å²) in [6, 6.07) is 14.4. The number of carbonyl (C=O) groups excluding carboxylic acids is 1. The van der Waals surface area contributed by atoms with Gasteiger partial charge in [-0.25, -0.2) is 0 Å². The summed E-state index contributed by atoms with van der Waals surface area (Å²) in [6.07, 6.45) is 0.979. The number of nitrogens with zero attached hydrogens (tertiary/aromatic N) is 1. The highest BCUT2D eigenvalue weighted by Gasteiger charge is 2.18. The van der Waals surface area contributed by atoms with E-state index in [-0.39, 0.29) is 5.91 Å². The Kier molecular flexibility index (Phi) is 5.58. The van der Waals surface area contributed by atoms with Gasteiger partial charge in [0.15, 0.2) is 6.10 Å². The number of pyridine rings is 1. The van der Waals surface area contributed by atoms with Crippen molar-refractivity contribution in [1.29, 1.82) is 0 Å². The molecule has 0 aliphatic carbocycles. The number of aromatic nitrogens is 1. The summed E-state index contributed by atoms with van der Waals surface area (Å²) in [4.78, 5) is 16.9. The first-order valence-electron chi connectivity index (χ1n) is 8.32. The van der Waals surface area contributed by atoms with Crippen molar-refractivity contribution < 1.29 is 14.3 Å². The lowest BCUT2D eigenvalue weighted by molar-refractivity contribution is -0.122. The van der Waals surface area contributed by atoms with Crippen molar-refractivity contribution in [2.45, 2.75) is 20.0 Å². The van der Waals surface area contributed by atoms with Crippen LogP contribution in [-0.2, 0) is 4.79 Å². The van der Waals surface area contributed by atoms with Gasteiger partial charge in [-0.15, -0.1) is 0 Å². The summed E-state index contributed by atoms with van der Waals surface area (Å²) in [7, 11) is 0. The van der Waals surface area contributed by atoms with Crippen LogP contribution in [0.25, 0.3) is 10.9 Å². The Morgan fingerprint density at radius 1 is 1.15 bits per heavy atom.